The lowest BCUT2D eigenvalue weighted by Crippen LogP contribution is -2.25. The summed E-state index contributed by atoms with van der Waals surface area (Å²) in [4.78, 5) is 41.2. The van der Waals surface area contributed by atoms with E-state index in [1.165, 1.54) is 18.7 Å². The Hall–Kier alpha value is -3.52. The second kappa shape index (κ2) is 9.32. The van der Waals surface area contributed by atoms with E-state index in [1.54, 1.807) is 29.5 Å². The Morgan fingerprint density at radius 3 is 2.78 bits per heavy atom. The average Bonchev–Trinajstić information content (AvgIpc) is 3.22. The Kier molecular flexibility index (Phi) is 6.32. The molecular weight excluding hydrogens is 428 g/mol. The minimum atomic E-state index is -0.696. The first-order valence-electron chi connectivity index (χ1n) is 10.3. The summed E-state index contributed by atoms with van der Waals surface area (Å²) in [6.07, 6.45) is 2.29. The maximum absolute atomic E-state index is 12.5. The molecule has 0 saturated carbocycles. The van der Waals surface area contributed by atoms with Crippen LogP contribution in [-0.2, 0) is 11.2 Å². The molecule has 0 bridgehead atoms. The number of amides is 1. The summed E-state index contributed by atoms with van der Waals surface area (Å²) in [7, 11) is 1.25. The van der Waals surface area contributed by atoms with Crippen LogP contribution in [0, 0.1) is 0 Å². The van der Waals surface area contributed by atoms with E-state index >= 15 is 0 Å². The summed E-state index contributed by atoms with van der Waals surface area (Å²) in [5.74, 6) is -0.448. The minimum Gasteiger partial charge on any atom is -0.493 e. The van der Waals surface area contributed by atoms with Crippen molar-refractivity contribution in [2.45, 2.75) is 19.8 Å². The van der Waals surface area contributed by atoms with Crippen LogP contribution in [0.5, 0.6) is 5.75 Å². The van der Waals surface area contributed by atoms with Crippen molar-refractivity contribution in [2.24, 2.45) is 0 Å². The van der Waals surface area contributed by atoms with Gasteiger partial charge in [0.1, 0.15) is 11.4 Å². The number of nitrogens with one attached hydrogen (secondary N) is 1. The Morgan fingerprint density at radius 2 is 2.03 bits per heavy atom. The molecule has 0 aliphatic carbocycles. The first-order chi connectivity index (χ1) is 15.6. The van der Waals surface area contributed by atoms with Gasteiger partial charge in [-0.25, -0.2) is 9.78 Å². The molecule has 4 rings (SSSR count). The van der Waals surface area contributed by atoms with Gasteiger partial charge in [0.2, 0.25) is 0 Å². The number of hydrogen-bond acceptors (Lipinski definition) is 7. The summed E-state index contributed by atoms with van der Waals surface area (Å²) < 4.78 is 10.9. The summed E-state index contributed by atoms with van der Waals surface area (Å²) in [6, 6.07) is 6.68. The number of methoxy groups -OCH3 is 1. The smallest absolute Gasteiger partial charge is 0.357 e. The first kappa shape index (κ1) is 21.7. The summed E-state index contributed by atoms with van der Waals surface area (Å²) in [5.41, 5.74) is 4.41. The molecule has 1 N–H and O–H groups in total. The van der Waals surface area contributed by atoms with Gasteiger partial charge in [-0.15, -0.1) is 0 Å². The van der Waals surface area contributed by atoms with E-state index in [0.29, 0.717) is 35.6 Å². The van der Waals surface area contributed by atoms with Crippen molar-refractivity contribution in [3.05, 3.63) is 57.5 Å². The second-order valence-corrected chi connectivity index (χ2v) is 8.05. The fourth-order valence-electron chi connectivity index (χ4n) is 3.67. The van der Waals surface area contributed by atoms with Gasteiger partial charge >= 0.3 is 5.97 Å². The molecule has 2 aromatic heterocycles. The quantitative estimate of drug-likeness (QED) is 0.448. The number of nitrogens with zero attached hydrogens (tertiary/aromatic N) is 1. The zero-order valence-electron chi connectivity index (χ0n) is 17.8. The molecule has 1 aromatic carbocycles. The Labute approximate surface area is 189 Å². The van der Waals surface area contributed by atoms with E-state index in [9.17, 15) is 14.4 Å². The maximum atomic E-state index is 12.5. The molecule has 0 radical (unpaired) electrons. The van der Waals surface area contributed by atoms with Gasteiger partial charge in [0.15, 0.2) is 12.0 Å². The molecule has 0 fully saturated rings. The van der Waals surface area contributed by atoms with Gasteiger partial charge in [0.25, 0.3) is 5.91 Å². The first-order valence-corrected chi connectivity index (χ1v) is 11.2. The van der Waals surface area contributed by atoms with Crippen LogP contribution < -0.4 is 10.1 Å². The average molecular weight is 451 g/mol. The van der Waals surface area contributed by atoms with Gasteiger partial charge in [-0.3, -0.25) is 9.59 Å². The normalized spacial score (nSPS) is 12.1. The Bertz CT molecular complexity index is 1200. The predicted molar refractivity (Wildman–Crippen MR) is 122 cm³/mol. The molecule has 164 valence electrons. The molecule has 1 aliphatic rings. The standard InChI is InChI=1S/C24H22N2O5S/c1-3-7-25-23(28)20-5-4-16(22(26-20)24(29)30-2)17-10-21-18(9-15(17)11-27)19-13-32-12-14(19)6-8-31-21/h4-5,9-13H,3,6-8H2,1-2H3,(H,25,28). The van der Waals surface area contributed by atoms with Crippen molar-refractivity contribution in [2.75, 3.05) is 20.3 Å². The summed E-state index contributed by atoms with van der Waals surface area (Å²) in [5, 5.41) is 6.87. The van der Waals surface area contributed by atoms with E-state index < -0.39 is 5.97 Å². The highest BCUT2D eigenvalue weighted by atomic mass is 32.1. The third-order valence-electron chi connectivity index (χ3n) is 5.27. The van der Waals surface area contributed by atoms with Crippen molar-refractivity contribution in [1.29, 1.82) is 0 Å². The van der Waals surface area contributed by atoms with Crippen molar-refractivity contribution < 1.29 is 23.9 Å². The number of pyridine rings is 1. The van der Waals surface area contributed by atoms with Crippen LogP contribution in [-0.4, -0.2) is 43.4 Å². The molecule has 1 aliphatic heterocycles. The minimum absolute atomic E-state index is 0.0375. The fourth-order valence-corrected chi connectivity index (χ4v) is 4.56. The van der Waals surface area contributed by atoms with Gasteiger partial charge in [-0.05, 0) is 58.1 Å². The van der Waals surface area contributed by atoms with Crippen LogP contribution in [0.2, 0.25) is 0 Å². The highest BCUT2D eigenvalue weighted by Gasteiger charge is 2.24. The van der Waals surface area contributed by atoms with Crippen LogP contribution >= 0.6 is 11.3 Å². The molecule has 1 amide bonds. The summed E-state index contributed by atoms with van der Waals surface area (Å²) in [6.45, 7) is 2.95. The lowest BCUT2D eigenvalue weighted by molar-refractivity contribution is 0.0594. The van der Waals surface area contributed by atoms with Gasteiger partial charge in [0, 0.05) is 29.7 Å². The number of carbonyl (C=O) groups is 3. The number of fused-ring (bicyclic) bond motifs is 3. The van der Waals surface area contributed by atoms with Gasteiger partial charge in [-0.2, -0.15) is 11.3 Å². The van der Waals surface area contributed by atoms with Crippen molar-refractivity contribution >= 4 is 29.5 Å². The van der Waals surface area contributed by atoms with Crippen LogP contribution in [0.15, 0.2) is 35.0 Å². The molecule has 0 atom stereocenters. The van der Waals surface area contributed by atoms with Crippen LogP contribution in [0.25, 0.3) is 22.3 Å². The molecule has 3 aromatic rings. The van der Waals surface area contributed by atoms with Crippen LogP contribution in [0.3, 0.4) is 0 Å². The second-order valence-electron chi connectivity index (χ2n) is 7.30. The van der Waals surface area contributed by atoms with E-state index in [1.807, 2.05) is 12.3 Å². The third-order valence-corrected chi connectivity index (χ3v) is 6.06. The molecule has 3 heterocycles. The Morgan fingerprint density at radius 1 is 1.19 bits per heavy atom. The predicted octanol–water partition coefficient (Wildman–Crippen LogP) is 4.15. The van der Waals surface area contributed by atoms with Crippen molar-refractivity contribution in [1.82, 2.24) is 10.3 Å². The lowest BCUT2D eigenvalue weighted by Gasteiger charge is -2.15. The molecule has 0 unspecified atom stereocenters. The number of rotatable bonds is 6. The topological polar surface area (TPSA) is 94.6 Å². The van der Waals surface area contributed by atoms with Crippen LogP contribution in [0.4, 0.5) is 0 Å². The number of aromatic nitrogens is 1. The third kappa shape index (κ3) is 4.01. The number of esters is 1. The van der Waals surface area contributed by atoms with Gasteiger partial charge < -0.3 is 14.8 Å². The van der Waals surface area contributed by atoms with Crippen molar-refractivity contribution in [3.8, 4) is 28.0 Å². The summed E-state index contributed by atoms with van der Waals surface area (Å²) >= 11 is 1.61. The van der Waals surface area contributed by atoms with E-state index in [0.717, 1.165) is 30.3 Å². The number of thiophene rings is 1. The largest absolute Gasteiger partial charge is 0.493 e. The molecule has 0 saturated heterocycles. The van der Waals surface area contributed by atoms with Gasteiger partial charge in [-0.1, -0.05) is 6.92 Å². The van der Waals surface area contributed by atoms with E-state index in [4.69, 9.17) is 9.47 Å². The van der Waals surface area contributed by atoms with Gasteiger partial charge in [0.05, 0.1) is 13.7 Å². The Balaban J connectivity index is 1.86. The number of benzene rings is 1. The molecular formula is C24H22N2O5S. The highest BCUT2D eigenvalue weighted by Crippen LogP contribution is 2.41. The number of ether oxygens (including phenoxy) is 2. The van der Waals surface area contributed by atoms with E-state index in [-0.39, 0.29) is 17.3 Å². The zero-order chi connectivity index (χ0) is 22.7. The van der Waals surface area contributed by atoms with Crippen molar-refractivity contribution in [3.63, 3.8) is 0 Å². The SMILES string of the molecule is CCCNC(=O)c1ccc(-c2cc3c(cc2C=O)-c2cscc2CCO3)c(C(=O)OC)n1. The molecule has 32 heavy (non-hydrogen) atoms. The van der Waals surface area contributed by atoms with Crippen LogP contribution in [0.1, 0.15) is 50.2 Å². The number of aldehydes is 1. The van der Waals surface area contributed by atoms with E-state index in [2.05, 4.69) is 15.7 Å². The number of hydrogen-bond donors (Lipinski definition) is 1. The fraction of sp³-hybridized carbons (Fsp3) is 0.250. The molecule has 7 nitrogen and oxygen atoms in total. The maximum Gasteiger partial charge on any atom is 0.357 e. The lowest BCUT2D eigenvalue weighted by atomic mass is 9.93. The number of carbonyl (C=O) groups excluding carboxylic acids is 3. The monoisotopic (exact) mass is 450 g/mol. The zero-order valence-corrected chi connectivity index (χ0v) is 18.6. The molecule has 0 spiro atoms. The molecule has 8 heteroatoms. The highest BCUT2D eigenvalue weighted by molar-refractivity contribution is 7.08.